The van der Waals surface area contributed by atoms with Crippen molar-refractivity contribution < 1.29 is 17.9 Å². The maximum absolute atomic E-state index is 13.9. The minimum atomic E-state index is -0.316. The van der Waals surface area contributed by atoms with Crippen molar-refractivity contribution in [2.45, 2.75) is 32.8 Å². The highest BCUT2D eigenvalue weighted by atomic mass is 19.1. The molecule has 0 amide bonds. The second-order valence-corrected chi connectivity index (χ2v) is 8.48. The Bertz CT molecular complexity index is 1250. The topological polar surface area (TPSA) is 22.1 Å². The second kappa shape index (κ2) is 10.7. The van der Waals surface area contributed by atoms with Gasteiger partial charge in [0.2, 0.25) is 0 Å². The van der Waals surface area contributed by atoms with E-state index in [-0.39, 0.29) is 30.0 Å². The first-order chi connectivity index (χ1) is 16.4. The lowest BCUT2D eigenvalue weighted by molar-refractivity contribution is 0.122. The summed E-state index contributed by atoms with van der Waals surface area (Å²) in [6, 6.07) is 21.1. The van der Waals surface area contributed by atoms with E-state index >= 15 is 0 Å². The summed E-state index contributed by atoms with van der Waals surface area (Å²) in [6.45, 7) is 4.73. The first-order valence-corrected chi connectivity index (χ1v) is 11.3. The number of ether oxygens (including phenoxy) is 1. The van der Waals surface area contributed by atoms with Gasteiger partial charge in [0.05, 0.1) is 18.9 Å². The number of hydrogen-bond acceptors (Lipinski definition) is 2. The van der Waals surface area contributed by atoms with Gasteiger partial charge >= 0.3 is 0 Å². The van der Waals surface area contributed by atoms with Gasteiger partial charge in [-0.25, -0.2) is 13.2 Å². The molecule has 0 saturated heterocycles. The van der Waals surface area contributed by atoms with Gasteiger partial charge in [0, 0.05) is 16.8 Å². The molecule has 1 aromatic heterocycles. The molecule has 0 aliphatic rings. The van der Waals surface area contributed by atoms with Crippen LogP contribution >= 0.6 is 0 Å². The van der Waals surface area contributed by atoms with Gasteiger partial charge in [-0.15, -0.1) is 0 Å². The molecule has 0 unspecified atom stereocenters. The molecular weight excluding hydrogens is 435 g/mol. The number of rotatable bonds is 8. The molecule has 0 bridgehead atoms. The van der Waals surface area contributed by atoms with Gasteiger partial charge in [0.25, 0.3) is 0 Å². The standard InChI is InChI=1S/C29H26F3NO/c1-19(2)29-26(18-34-16-15-21-5-3-4-6-27(21)32)25(20-7-11-23(30)12-8-20)17-28(33-29)22-9-13-24(31)14-10-22/h3-14,17,19H,15-16,18H2,1-2H3. The van der Waals surface area contributed by atoms with E-state index in [9.17, 15) is 13.2 Å². The predicted molar refractivity (Wildman–Crippen MR) is 129 cm³/mol. The molecule has 0 saturated carbocycles. The van der Waals surface area contributed by atoms with Gasteiger partial charge in [-0.05, 0) is 77.6 Å². The van der Waals surface area contributed by atoms with Crippen LogP contribution in [-0.2, 0) is 17.8 Å². The Morgan fingerprint density at radius 3 is 2.03 bits per heavy atom. The van der Waals surface area contributed by atoms with Crippen LogP contribution in [0.5, 0.6) is 0 Å². The van der Waals surface area contributed by atoms with Crippen molar-refractivity contribution in [2.75, 3.05) is 6.61 Å². The highest BCUT2D eigenvalue weighted by Gasteiger charge is 2.18. The molecule has 174 valence electrons. The van der Waals surface area contributed by atoms with Gasteiger partial charge in [0.15, 0.2) is 0 Å². The van der Waals surface area contributed by atoms with Gasteiger partial charge in [0.1, 0.15) is 17.5 Å². The lowest BCUT2D eigenvalue weighted by atomic mass is 9.93. The van der Waals surface area contributed by atoms with Crippen molar-refractivity contribution >= 4 is 0 Å². The van der Waals surface area contributed by atoms with E-state index in [0.29, 0.717) is 24.3 Å². The highest BCUT2D eigenvalue weighted by molar-refractivity contribution is 5.74. The predicted octanol–water partition coefficient (Wildman–Crippen LogP) is 7.72. The van der Waals surface area contributed by atoms with E-state index in [1.807, 2.05) is 19.9 Å². The van der Waals surface area contributed by atoms with Crippen LogP contribution in [0.1, 0.15) is 36.6 Å². The van der Waals surface area contributed by atoms with Gasteiger partial charge in [-0.1, -0.05) is 44.2 Å². The highest BCUT2D eigenvalue weighted by Crippen LogP contribution is 2.34. The normalized spacial score (nSPS) is 11.2. The largest absolute Gasteiger partial charge is 0.376 e. The van der Waals surface area contributed by atoms with E-state index in [1.54, 1.807) is 42.5 Å². The summed E-state index contributed by atoms with van der Waals surface area (Å²) in [6.07, 6.45) is 0.455. The zero-order valence-corrected chi connectivity index (χ0v) is 19.2. The van der Waals surface area contributed by atoms with Gasteiger partial charge < -0.3 is 4.74 Å². The Hall–Kier alpha value is -3.44. The summed E-state index contributed by atoms with van der Waals surface area (Å²) in [5.74, 6) is -0.786. The number of aromatic nitrogens is 1. The first-order valence-electron chi connectivity index (χ1n) is 11.3. The molecule has 0 spiro atoms. The number of pyridine rings is 1. The maximum Gasteiger partial charge on any atom is 0.126 e. The smallest absolute Gasteiger partial charge is 0.126 e. The van der Waals surface area contributed by atoms with Crippen LogP contribution in [0.15, 0.2) is 78.9 Å². The summed E-state index contributed by atoms with van der Waals surface area (Å²) < 4.78 is 47.0. The fourth-order valence-corrected chi connectivity index (χ4v) is 3.93. The Balaban J connectivity index is 1.70. The molecule has 2 nitrogen and oxygen atoms in total. The van der Waals surface area contributed by atoms with Crippen molar-refractivity contribution in [2.24, 2.45) is 0 Å². The monoisotopic (exact) mass is 461 g/mol. The van der Waals surface area contributed by atoms with Crippen molar-refractivity contribution in [3.63, 3.8) is 0 Å². The summed E-state index contributed by atoms with van der Waals surface area (Å²) in [5, 5.41) is 0. The zero-order valence-electron chi connectivity index (χ0n) is 19.2. The van der Waals surface area contributed by atoms with Crippen LogP contribution in [-0.4, -0.2) is 11.6 Å². The molecule has 4 aromatic rings. The van der Waals surface area contributed by atoms with Gasteiger partial charge in [-0.3, -0.25) is 4.98 Å². The molecule has 0 radical (unpaired) electrons. The third-order valence-electron chi connectivity index (χ3n) is 5.72. The number of benzene rings is 3. The number of hydrogen-bond donors (Lipinski definition) is 0. The van der Waals surface area contributed by atoms with Crippen molar-refractivity contribution in [3.8, 4) is 22.4 Å². The Labute approximate surface area is 198 Å². The molecule has 3 aromatic carbocycles. The van der Waals surface area contributed by atoms with E-state index in [2.05, 4.69) is 0 Å². The lowest BCUT2D eigenvalue weighted by Crippen LogP contribution is -2.08. The van der Waals surface area contributed by atoms with Crippen LogP contribution in [0.4, 0.5) is 13.2 Å². The minimum absolute atomic E-state index is 0.0877. The Morgan fingerprint density at radius 2 is 1.41 bits per heavy atom. The van der Waals surface area contributed by atoms with E-state index in [1.165, 1.54) is 30.3 Å². The van der Waals surface area contributed by atoms with Gasteiger partial charge in [-0.2, -0.15) is 0 Å². The SMILES string of the molecule is CC(C)c1nc(-c2ccc(F)cc2)cc(-c2ccc(F)cc2)c1COCCc1ccccc1F. The zero-order chi connectivity index (χ0) is 24.1. The lowest BCUT2D eigenvalue weighted by Gasteiger charge is -2.19. The Kier molecular flexibility index (Phi) is 7.43. The van der Waals surface area contributed by atoms with Crippen LogP contribution < -0.4 is 0 Å². The van der Waals surface area contributed by atoms with Crippen molar-refractivity contribution in [1.29, 1.82) is 0 Å². The van der Waals surface area contributed by atoms with Crippen molar-refractivity contribution in [3.05, 3.63) is 113 Å². The number of nitrogens with zero attached hydrogens (tertiary/aromatic N) is 1. The molecule has 34 heavy (non-hydrogen) atoms. The van der Waals surface area contributed by atoms with Crippen molar-refractivity contribution in [1.82, 2.24) is 4.98 Å². The maximum atomic E-state index is 13.9. The molecular formula is C29H26F3NO. The quantitative estimate of drug-likeness (QED) is 0.251. The van der Waals surface area contributed by atoms with Crippen LogP contribution in [0, 0.1) is 17.5 Å². The van der Waals surface area contributed by atoms with E-state index in [0.717, 1.165) is 27.9 Å². The molecule has 0 aliphatic heterocycles. The van der Waals surface area contributed by atoms with E-state index in [4.69, 9.17) is 9.72 Å². The Morgan fingerprint density at radius 1 is 0.794 bits per heavy atom. The molecule has 4 rings (SSSR count). The minimum Gasteiger partial charge on any atom is -0.376 e. The summed E-state index contributed by atoms with van der Waals surface area (Å²) in [4.78, 5) is 4.89. The van der Waals surface area contributed by atoms with Crippen LogP contribution in [0.2, 0.25) is 0 Å². The van der Waals surface area contributed by atoms with Crippen LogP contribution in [0.25, 0.3) is 22.4 Å². The summed E-state index contributed by atoms with van der Waals surface area (Å²) in [7, 11) is 0. The molecule has 1 heterocycles. The first kappa shape index (κ1) is 23.7. The molecule has 0 atom stereocenters. The molecule has 0 fully saturated rings. The molecule has 5 heteroatoms. The molecule has 0 N–H and O–H groups in total. The van der Waals surface area contributed by atoms with Crippen LogP contribution in [0.3, 0.4) is 0 Å². The fraction of sp³-hybridized carbons (Fsp3) is 0.207. The summed E-state index contributed by atoms with van der Waals surface area (Å²) >= 11 is 0. The fourth-order valence-electron chi connectivity index (χ4n) is 3.93. The number of halogens is 3. The average molecular weight is 462 g/mol. The van der Waals surface area contributed by atoms with E-state index < -0.39 is 0 Å². The third-order valence-corrected chi connectivity index (χ3v) is 5.72. The average Bonchev–Trinajstić information content (AvgIpc) is 2.83. The second-order valence-electron chi connectivity index (χ2n) is 8.48. The third kappa shape index (κ3) is 5.54. The molecule has 0 aliphatic carbocycles. The summed E-state index contributed by atoms with van der Waals surface area (Å²) in [5.41, 5.74) is 5.57.